The van der Waals surface area contributed by atoms with Crippen LogP contribution in [0.1, 0.15) is 42.4 Å². The number of hydrogen-bond acceptors (Lipinski definition) is 7. The number of thioether (sulfide) groups is 2. The molecule has 2 atom stereocenters. The van der Waals surface area contributed by atoms with Gasteiger partial charge in [0.2, 0.25) is 0 Å². The molecule has 2 aromatic heterocycles. The van der Waals surface area contributed by atoms with Gasteiger partial charge in [0, 0.05) is 20.7 Å². The van der Waals surface area contributed by atoms with Crippen molar-refractivity contribution < 1.29 is 4.79 Å². The topological polar surface area (TPSA) is 68.9 Å². The third kappa shape index (κ3) is 5.01. The molecular weight excluding hydrogens is 538 g/mol. The minimum atomic E-state index is 0.000605. The van der Waals surface area contributed by atoms with Crippen LogP contribution >= 0.6 is 46.5 Å². The first-order valence-electron chi connectivity index (χ1n) is 11.8. The van der Waals surface area contributed by atoms with Gasteiger partial charge in [0.15, 0.2) is 10.9 Å². The van der Waals surface area contributed by atoms with Crippen molar-refractivity contribution in [2.75, 3.05) is 11.5 Å². The van der Waals surface area contributed by atoms with Gasteiger partial charge in [-0.2, -0.15) is 0 Å². The molecule has 0 amide bonds. The first-order chi connectivity index (χ1) is 18.1. The van der Waals surface area contributed by atoms with E-state index in [1.165, 1.54) is 33.3 Å². The van der Waals surface area contributed by atoms with Gasteiger partial charge in [-0.3, -0.25) is 4.79 Å². The van der Waals surface area contributed by atoms with Gasteiger partial charge in [-0.15, -0.1) is 23.1 Å². The Hall–Kier alpha value is -2.84. The predicted octanol–water partition coefficient (Wildman–Crippen LogP) is 8.02. The van der Waals surface area contributed by atoms with E-state index in [4.69, 9.17) is 22.3 Å². The number of halogens is 1. The number of carbonyl (C=O) groups is 1. The lowest BCUT2D eigenvalue weighted by Gasteiger charge is -2.30. The van der Waals surface area contributed by atoms with Gasteiger partial charge in [-0.25, -0.2) is 9.97 Å². The second kappa shape index (κ2) is 10.5. The molecule has 5 aromatic rings. The lowest BCUT2D eigenvalue weighted by atomic mass is 9.98. The molecule has 8 heteroatoms. The molecule has 0 aliphatic carbocycles. The molecule has 1 aliphatic heterocycles. The molecule has 37 heavy (non-hydrogen) atoms. The molecule has 0 bridgehead atoms. The highest BCUT2D eigenvalue weighted by molar-refractivity contribution is 8.00. The molecule has 1 aliphatic rings. The number of nitrogens with two attached hydrogens (primary N) is 1. The van der Waals surface area contributed by atoms with Gasteiger partial charge >= 0.3 is 0 Å². The summed E-state index contributed by atoms with van der Waals surface area (Å²) < 4.78 is 0. The quantitative estimate of drug-likeness (QED) is 0.129. The third-order valence-corrected chi connectivity index (χ3v) is 10.4. The molecule has 3 heterocycles. The minimum absolute atomic E-state index is 0.000605. The van der Waals surface area contributed by atoms with Crippen LogP contribution in [0.15, 0.2) is 90.1 Å². The second-order valence-corrected chi connectivity index (χ2v) is 12.5. The highest BCUT2D eigenvalue weighted by Gasteiger charge is 2.34. The average molecular weight is 560 g/mol. The smallest absolute Gasteiger partial charge is 0.191 e. The van der Waals surface area contributed by atoms with Gasteiger partial charge in [0.25, 0.3) is 0 Å². The summed E-state index contributed by atoms with van der Waals surface area (Å²) in [4.78, 5) is 24.3. The summed E-state index contributed by atoms with van der Waals surface area (Å²) in [7, 11) is 0. The number of thiophene rings is 1. The number of fused-ring (bicyclic) bond motifs is 3. The molecule has 0 radical (unpaired) electrons. The SMILES string of the molecule is Nc1nc(SCC(=O)c2ccc(Cl)cc2)nc2sc3c(c12)C[C@@H](c1ccccc1)S[C@@H]3c1ccccc1. The van der Waals surface area contributed by atoms with Crippen LogP contribution in [0.4, 0.5) is 5.82 Å². The number of Topliss-reactive ketones (excluding diaryl/α,β-unsaturated/α-hetero) is 1. The van der Waals surface area contributed by atoms with Crippen molar-refractivity contribution in [1.82, 2.24) is 9.97 Å². The summed E-state index contributed by atoms with van der Waals surface area (Å²) in [6.45, 7) is 0. The lowest BCUT2D eigenvalue weighted by Crippen LogP contribution is -2.12. The van der Waals surface area contributed by atoms with Crippen LogP contribution in [0.25, 0.3) is 10.2 Å². The number of carbonyl (C=O) groups excluding carboxylic acids is 1. The summed E-state index contributed by atoms with van der Waals surface area (Å²) in [6, 6.07) is 28.2. The van der Waals surface area contributed by atoms with Crippen molar-refractivity contribution in [2.24, 2.45) is 0 Å². The first kappa shape index (κ1) is 24.5. The Morgan fingerprint density at radius 3 is 2.32 bits per heavy atom. The zero-order valence-corrected chi connectivity index (χ0v) is 22.8. The highest BCUT2D eigenvalue weighted by atomic mass is 35.5. The molecule has 0 fully saturated rings. The number of nitrogen functional groups attached to an aromatic ring is 1. The van der Waals surface area contributed by atoms with Crippen molar-refractivity contribution in [3.05, 3.63) is 117 Å². The zero-order chi connectivity index (χ0) is 25.4. The fourth-order valence-corrected chi connectivity index (χ4v) is 8.54. The Morgan fingerprint density at radius 2 is 1.62 bits per heavy atom. The molecule has 0 saturated carbocycles. The summed E-state index contributed by atoms with van der Waals surface area (Å²) in [5, 5.41) is 2.58. The van der Waals surface area contributed by atoms with Crippen molar-refractivity contribution >= 4 is 68.3 Å². The van der Waals surface area contributed by atoms with E-state index in [0.29, 0.717) is 26.8 Å². The Labute approximate surface area is 232 Å². The van der Waals surface area contributed by atoms with Crippen molar-refractivity contribution in [2.45, 2.75) is 22.1 Å². The molecule has 3 aromatic carbocycles. The molecule has 0 saturated heterocycles. The number of ketones is 1. The third-order valence-electron chi connectivity index (χ3n) is 6.39. The number of hydrogen-bond donors (Lipinski definition) is 1. The second-order valence-electron chi connectivity index (χ2n) is 8.77. The Morgan fingerprint density at radius 1 is 0.946 bits per heavy atom. The number of rotatable bonds is 6. The van der Waals surface area contributed by atoms with Crippen LogP contribution in [0.5, 0.6) is 0 Å². The van der Waals surface area contributed by atoms with E-state index in [1.807, 2.05) is 11.8 Å². The van der Waals surface area contributed by atoms with E-state index >= 15 is 0 Å². The van der Waals surface area contributed by atoms with Crippen LogP contribution in [0.3, 0.4) is 0 Å². The van der Waals surface area contributed by atoms with Crippen LogP contribution in [-0.2, 0) is 6.42 Å². The summed E-state index contributed by atoms with van der Waals surface area (Å²) in [5.41, 5.74) is 11.0. The minimum Gasteiger partial charge on any atom is -0.383 e. The summed E-state index contributed by atoms with van der Waals surface area (Å²) in [6.07, 6.45) is 0.877. The summed E-state index contributed by atoms with van der Waals surface area (Å²) >= 11 is 10.9. The van der Waals surface area contributed by atoms with Crippen molar-refractivity contribution in [1.29, 1.82) is 0 Å². The van der Waals surface area contributed by atoms with Crippen LogP contribution in [-0.4, -0.2) is 21.5 Å². The Bertz CT molecular complexity index is 1570. The fourth-order valence-electron chi connectivity index (χ4n) is 4.59. The molecule has 4 nitrogen and oxygen atoms in total. The maximum absolute atomic E-state index is 12.7. The molecule has 0 spiro atoms. The van der Waals surface area contributed by atoms with E-state index in [1.54, 1.807) is 35.6 Å². The van der Waals surface area contributed by atoms with Crippen LogP contribution in [0, 0.1) is 0 Å². The number of aromatic nitrogens is 2. The molecule has 6 rings (SSSR count). The monoisotopic (exact) mass is 559 g/mol. The van der Waals surface area contributed by atoms with E-state index in [-0.39, 0.29) is 16.8 Å². The maximum atomic E-state index is 12.7. The lowest BCUT2D eigenvalue weighted by molar-refractivity contribution is 0.102. The zero-order valence-electron chi connectivity index (χ0n) is 19.6. The van der Waals surface area contributed by atoms with E-state index in [0.717, 1.165) is 16.6 Å². The van der Waals surface area contributed by atoms with Crippen molar-refractivity contribution in [3.8, 4) is 0 Å². The van der Waals surface area contributed by atoms with Gasteiger partial charge in [0.1, 0.15) is 10.6 Å². The van der Waals surface area contributed by atoms with Crippen LogP contribution in [0.2, 0.25) is 5.02 Å². The van der Waals surface area contributed by atoms with Gasteiger partial charge in [-0.1, -0.05) is 84.0 Å². The Kier molecular flexibility index (Phi) is 6.95. The van der Waals surface area contributed by atoms with E-state index in [9.17, 15) is 4.79 Å². The highest BCUT2D eigenvalue weighted by Crippen LogP contribution is 2.55. The van der Waals surface area contributed by atoms with E-state index in [2.05, 4.69) is 65.6 Å². The largest absolute Gasteiger partial charge is 0.383 e. The Balaban J connectivity index is 1.35. The molecular formula is C29H22ClN3OS3. The molecule has 184 valence electrons. The average Bonchev–Trinajstić information content (AvgIpc) is 3.31. The van der Waals surface area contributed by atoms with E-state index < -0.39 is 0 Å². The van der Waals surface area contributed by atoms with Crippen molar-refractivity contribution in [3.63, 3.8) is 0 Å². The summed E-state index contributed by atoms with van der Waals surface area (Å²) in [5.74, 6) is 0.714. The number of nitrogens with zero attached hydrogens (tertiary/aromatic N) is 2. The molecule has 0 unspecified atom stereocenters. The van der Waals surface area contributed by atoms with Gasteiger partial charge < -0.3 is 5.73 Å². The maximum Gasteiger partial charge on any atom is 0.191 e. The van der Waals surface area contributed by atoms with Gasteiger partial charge in [0.05, 0.1) is 16.4 Å². The number of anilines is 1. The fraction of sp³-hybridized carbons (Fsp3) is 0.138. The van der Waals surface area contributed by atoms with Gasteiger partial charge in [-0.05, 0) is 47.4 Å². The first-order valence-corrected chi connectivity index (χ1v) is 14.9. The predicted molar refractivity (Wildman–Crippen MR) is 157 cm³/mol. The number of benzene rings is 3. The normalized spacial score (nSPS) is 17.0. The molecule has 2 N–H and O–H groups in total. The van der Waals surface area contributed by atoms with Crippen LogP contribution < -0.4 is 5.73 Å². The standard InChI is InChI=1S/C29H22ClN3OS3/c30-20-13-11-17(12-14-20)22(34)16-35-29-32-27(31)24-21-15-23(18-7-3-1-4-8-18)36-25(19-9-5-2-6-10-19)26(21)37-28(24)33-29/h1-14,23,25H,15-16H2,(H2,31,32,33)/t23-,25+/m0/s1.